The summed E-state index contributed by atoms with van der Waals surface area (Å²) in [5, 5.41) is 1.82. The summed E-state index contributed by atoms with van der Waals surface area (Å²) >= 11 is 0. The largest absolute Gasteiger partial charge is 0.466 e. The third-order valence-electron chi connectivity index (χ3n) is 4.36. The van der Waals surface area contributed by atoms with Crippen LogP contribution in [0.2, 0.25) is 0 Å². The van der Waals surface area contributed by atoms with Gasteiger partial charge in [0, 0.05) is 12.1 Å². The molecule has 0 unspecified atom stereocenters. The number of rotatable bonds is 4. The van der Waals surface area contributed by atoms with Gasteiger partial charge < -0.3 is 4.74 Å². The molecule has 2 aliphatic rings. The van der Waals surface area contributed by atoms with Gasteiger partial charge in [0.2, 0.25) is 0 Å². The van der Waals surface area contributed by atoms with Gasteiger partial charge >= 0.3 is 5.97 Å². The van der Waals surface area contributed by atoms with Crippen molar-refractivity contribution in [3.63, 3.8) is 0 Å². The van der Waals surface area contributed by atoms with Crippen LogP contribution in [0.5, 0.6) is 0 Å². The van der Waals surface area contributed by atoms with Gasteiger partial charge in [-0.05, 0) is 19.8 Å². The predicted octanol–water partition coefficient (Wildman–Crippen LogP) is 2.22. The smallest absolute Gasteiger partial charge is 0.313 e. The van der Waals surface area contributed by atoms with Gasteiger partial charge in [-0.3, -0.25) is 14.4 Å². The highest BCUT2D eigenvalue weighted by molar-refractivity contribution is 6.02. The molecule has 3 rings (SSSR count). The van der Waals surface area contributed by atoms with Gasteiger partial charge in [0.15, 0.2) is 11.9 Å². The average molecular weight is 303 g/mol. The third kappa shape index (κ3) is 2.78. The molecule has 2 fully saturated rings. The van der Waals surface area contributed by atoms with E-state index in [9.17, 15) is 9.59 Å². The lowest BCUT2D eigenvalue weighted by atomic mass is 9.86. The Balaban J connectivity index is 1.87. The fourth-order valence-corrected chi connectivity index (χ4v) is 3.33. The normalized spacial score (nSPS) is 28.1. The molecule has 0 radical (unpaired) electrons. The van der Waals surface area contributed by atoms with Crippen LogP contribution in [0, 0.1) is 5.92 Å². The summed E-state index contributed by atoms with van der Waals surface area (Å²) in [6.45, 7) is 2.85. The highest BCUT2D eigenvalue weighted by atomic mass is 16.7. The zero-order valence-electron chi connectivity index (χ0n) is 12.7. The van der Waals surface area contributed by atoms with Gasteiger partial charge in [-0.15, -0.1) is 0 Å². The van der Waals surface area contributed by atoms with E-state index in [0.717, 1.165) is 25.8 Å². The van der Waals surface area contributed by atoms with Crippen LogP contribution in [-0.4, -0.2) is 42.1 Å². The Kier molecular flexibility index (Phi) is 4.55. The van der Waals surface area contributed by atoms with E-state index in [-0.39, 0.29) is 17.8 Å². The molecule has 2 aliphatic heterocycles. The molecule has 0 N–H and O–H groups in total. The van der Waals surface area contributed by atoms with Gasteiger partial charge in [0.25, 0.3) is 0 Å². The first kappa shape index (κ1) is 15.2. The molecule has 1 aromatic rings. The number of hydroxylamine groups is 2. The minimum atomic E-state index is -0.774. The van der Waals surface area contributed by atoms with Gasteiger partial charge in [0.1, 0.15) is 5.92 Å². The van der Waals surface area contributed by atoms with E-state index in [4.69, 9.17) is 9.57 Å². The Morgan fingerprint density at radius 2 is 2.05 bits per heavy atom. The molecule has 0 saturated carbocycles. The molecule has 0 spiro atoms. The first-order valence-corrected chi connectivity index (χ1v) is 7.91. The molecule has 22 heavy (non-hydrogen) atoms. The van der Waals surface area contributed by atoms with Crippen LogP contribution in [0.15, 0.2) is 30.3 Å². The minimum absolute atomic E-state index is 0.0505. The standard InChI is InChI=1S/C17H21NO4/c1-2-21-17(20)14-13-10-6-7-11-18(13)22-16(14)15(19)12-8-4-3-5-9-12/h3-5,8-9,13-14,16H,2,6-7,10-11H2,1H3/t13-,14-,16-/m1/s1. The lowest BCUT2D eigenvalue weighted by Gasteiger charge is -2.28. The molecule has 0 aliphatic carbocycles. The van der Waals surface area contributed by atoms with E-state index in [2.05, 4.69) is 0 Å². The second-order valence-electron chi connectivity index (χ2n) is 5.74. The zero-order valence-corrected chi connectivity index (χ0v) is 12.7. The van der Waals surface area contributed by atoms with Crippen LogP contribution in [0.25, 0.3) is 0 Å². The maximum atomic E-state index is 12.7. The Hall–Kier alpha value is -1.72. The number of piperidine rings is 1. The molecule has 2 saturated heterocycles. The van der Waals surface area contributed by atoms with Crippen molar-refractivity contribution in [1.29, 1.82) is 0 Å². The molecule has 3 atom stereocenters. The van der Waals surface area contributed by atoms with E-state index in [1.807, 2.05) is 23.3 Å². The minimum Gasteiger partial charge on any atom is -0.466 e. The van der Waals surface area contributed by atoms with E-state index < -0.39 is 12.0 Å². The highest BCUT2D eigenvalue weighted by Gasteiger charge is 2.51. The lowest BCUT2D eigenvalue weighted by Crippen LogP contribution is -2.41. The molecule has 0 amide bonds. The molecular formula is C17H21NO4. The summed E-state index contributed by atoms with van der Waals surface area (Å²) in [4.78, 5) is 31.0. The Bertz CT molecular complexity index is 545. The molecule has 1 aromatic carbocycles. The second-order valence-corrected chi connectivity index (χ2v) is 5.74. The summed E-state index contributed by atoms with van der Waals surface area (Å²) in [6, 6.07) is 8.95. The number of ether oxygens (including phenoxy) is 1. The molecule has 5 heteroatoms. The molecule has 2 heterocycles. The lowest BCUT2D eigenvalue weighted by molar-refractivity contribution is -0.160. The van der Waals surface area contributed by atoms with Gasteiger partial charge in [0.05, 0.1) is 12.6 Å². The summed E-state index contributed by atoms with van der Waals surface area (Å²) in [5.41, 5.74) is 0.571. The van der Waals surface area contributed by atoms with Gasteiger partial charge in [-0.1, -0.05) is 36.8 Å². The first-order chi connectivity index (χ1) is 10.7. The number of nitrogens with zero attached hydrogens (tertiary/aromatic N) is 1. The van der Waals surface area contributed by atoms with Gasteiger partial charge in [-0.25, -0.2) is 0 Å². The number of Topliss-reactive ketones (excluding diaryl/α,β-unsaturated/α-hetero) is 1. The van der Waals surface area contributed by atoms with Crippen molar-refractivity contribution >= 4 is 11.8 Å². The van der Waals surface area contributed by atoms with Crippen LogP contribution in [0.3, 0.4) is 0 Å². The van der Waals surface area contributed by atoms with Crippen molar-refractivity contribution in [3.8, 4) is 0 Å². The average Bonchev–Trinajstić information content (AvgIpc) is 2.94. The third-order valence-corrected chi connectivity index (χ3v) is 4.36. The van der Waals surface area contributed by atoms with Crippen molar-refractivity contribution in [2.75, 3.05) is 13.2 Å². The van der Waals surface area contributed by atoms with Crippen LogP contribution in [0.4, 0.5) is 0 Å². The van der Waals surface area contributed by atoms with E-state index in [1.54, 1.807) is 19.1 Å². The number of esters is 1. The summed E-state index contributed by atoms with van der Waals surface area (Å²) in [6.07, 6.45) is 2.16. The highest BCUT2D eigenvalue weighted by Crippen LogP contribution is 2.36. The van der Waals surface area contributed by atoms with Crippen molar-refractivity contribution in [1.82, 2.24) is 5.06 Å². The van der Waals surface area contributed by atoms with Crippen molar-refractivity contribution in [2.24, 2.45) is 5.92 Å². The number of fused-ring (bicyclic) bond motifs is 1. The van der Waals surface area contributed by atoms with Crippen molar-refractivity contribution in [2.45, 2.75) is 38.3 Å². The maximum Gasteiger partial charge on any atom is 0.313 e. The molecule has 118 valence electrons. The van der Waals surface area contributed by atoms with E-state index in [1.165, 1.54) is 0 Å². The summed E-state index contributed by atoms with van der Waals surface area (Å²) < 4.78 is 5.19. The van der Waals surface area contributed by atoms with Gasteiger partial charge in [-0.2, -0.15) is 5.06 Å². The second kappa shape index (κ2) is 6.58. The van der Waals surface area contributed by atoms with E-state index >= 15 is 0 Å². The quantitative estimate of drug-likeness (QED) is 0.630. The Morgan fingerprint density at radius 3 is 2.77 bits per heavy atom. The number of benzene rings is 1. The number of carbonyl (C=O) groups is 2. The van der Waals surface area contributed by atoms with Crippen molar-refractivity contribution in [3.05, 3.63) is 35.9 Å². The van der Waals surface area contributed by atoms with Crippen LogP contribution in [-0.2, 0) is 14.4 Å². The summed E-state index contributed by atoms with van der Waals surface area (Å²) in [5.74, 6) is -1.01. The SMILES string of the molecule is CCOC(=O)[C@@H]1[C@H]2CCCCN2O[C@H]1C(=O)c1ccccc1. The van der Waals surface area contributed by atoms with E-state index in [0.29, 0.717) is 12.2 Å². The molecular weight excluding hydrogens is 282 g/mol. The molecule has 0 aromatic heterocycles. The number of hydrogen-bond acceptors (Lipinski definition) is 5. The molecule has 0 bridgehead atoms. The van der Waals surface area contributed by atoms with Crippen LogP contribution >= 0.6 is 0 Å². The van der Waals surface area contributed by atoms with Crippen molar-refractivity contribution < 1.29 is 19.2 Å². The fourth-order valence-electron chi connectivity index (χ4n) is 3.33. The number of ketones is 1. The van der Waals surface area contributed by atoms with Crippen LogP contribution in [0.1, 0.15) is 36.5 Å². The van der Waals surface area contributed by atoms with Crippen LogP contribution < -0.4 is 0 Å². The number of carbonyl (C=O) groups excluding carboxylic acids is 2. The zero-order chi connectivity index (χ0) is 15.5. The summed E-state index contributed by atoms with van der Waals surface area (Å²) in [7, 11) is 0. The first-order valence-electron chi connectivity index (χ1n) is 7.91. The Morgan fingerprint density at radius 1 is 1.27 bits per heavy atom. The topological polar surface area (TPSA) is 55.8 Å². The monoisotopic (exact) mass is 303 g/mol. The maximum absolute atomic E-state index is 12.7. The fraction of sp³-hybridized carbons (Fsp3) is 0.529. The predicted molar refractivity (Wildman–Crippen MR) is 80.1 cm³/mol. The number of hydrogen-bond donors (Lipinski definition) is 0. The molecule has 5 nitrogen and oxygen atoms in total. The Labute approximate surface area is 130 Å².